The van der Waals surface area contributed by atoms with Crippen molar-refractivity contribution in [1.29, 1.82) is 0 Å². The normalized spacial score (nSPS) is 20.7. The topological polar surface area (TPSA) is 49.8 Å². The summed E-state index contributed by atoms with van der Waals surface area (Å²) in [6, 6.07) is 11.6. The molecule has 1 aliphatic heterocycles. The summed E-state index contributed by atoms with van der Waals surface area (Å²) in [6.07, 6.45) is -0.604. The third kappa shape index (κ3) is 3.32. The minimum atomic E-state index is -0.604. The van der Waals surface area contributed by atoms with Crippen molar-refractivity contribution in [3.63, 3.8) is 0 Å². The molecular formula is C18H21NO3S. The molecule has 0 spiro atoms. The van der Waals surface area contributed by atoms with Gasteiger partial charge in [0.1, 0.15) is 0 Å². The number of aliphatic hydroxyl groups excluding tert-OH is 1. The molecule has 4 nitrogen and oxygen atoms in total. The number of rotatable bonds is 4. The summed E-state index contributed by atoms with van der Waals surface area (Å²) in [5.74, 6) is -0.0593. The van der Waals surface area contributed by atoms with Gasteiger partial charge in [0.2, 0.25) is 0 Å². The van der Waals surface area contributed by atoms with Crippen LogP contribution in [0.2, 0.25) is 0 Å². The predicted octanol–water partition coefficient (Wildman–Crippen LogP) is 2.95. The van der Waals surface area contributed by atoms with E-state index < -0.39 is 6.10 Å². The van der Waals surface area contributed by atoms with Crippen LogP contribution in [0.15, 0.2) is 36.4 Å². The number of carbonyl (C=O) groups excluding carboxylic acids is 1. The fourth-order valence-corrected chi connectivity index (χ4v) is 3.76. The van der Waals surface area contributed by atoms with Crippen molar-refractivity contribution in [3.8, 4) is 10.4 Å². The molecule has 3 rings (SSSR count). The molecular weight excluding hydrogens is 310 g/mol. The molecule has 1 aliphatic rings. The molecule has 1 saturated heterocycles. The number of hydrogen-bond acceptors (Lipinski definition) is 4. The number of aryl methyl sites for hydroxylation is 1. The minimum absolute atomic E-state index is 0.0593. The molecule has 122 valence electrons. The van der Waals surface area contributed by atoms with E-state index in [4.69, 9.17) is 4.74 Å². The first-order chi connectivity index (χ1) is 11.1. The summed E-state index contributed by atoms with van der Waals surface area (Å²) >= 11 is 1.74. The number of carbonyl (C=O) groups is 1. The first-order valence-corrected chi connectivity index (χ1v) is 8.65. The van der Waals surface area contributed by atoms with Crippen molar-refractivity contribution in [2.75, 3.05) is 19.8 Å². The fraction of sp³-hybridized carbons (Fsp3) is 0.389. The van der Waals surface area contributed by atoms with Crippen molar-refractivity contribution in [2.45, 2.75) is 26.0 Å². The fourth-order valence-electron chi connectivity index (χ4n) is 2.89. The maximum atomic E-state index is 12.7. The quantitative estimate of drug-likeness (QED) is 0.937. The van der Waals surface area contributed by atoms with Crippen LogP contribution in [0.5, 0.6) is 0 Å². The Kier molecular flexibility index (Phi) is 4.80. The molecule has 1 amide bonds. The summed E-state index contributed by atoms with van der Waals surface area (Å²) in [5.41, 5.74) is 1.76. The molecule has 2 aromatic rings. The third-order valence-corrected chi connectivity index (χ3v) is 5.23. The average Bonchev–Trinajstić information content (AvgIpc) is 3.17. The predicted molar refractivity (Wildman–Crippen MR) is 91.8 cm³/mol. The second-order valence-electron chi connectivity index (χ2n) is 5.75. The second kappa shape index (κ2) is 6.83. The summed E-state index contributed by atoms with van der Waals surface area (Å²) in [5, 5.41) is 9.96. The summed E-state index contributed by atoms with van der Waals surface area (Å²) in [7, 11) is 0. The van der Waals surface area contributed by atoms with E-state index in [1.165, 1.54) is 9.75 Å². The Labute approximate surface area is 140 Å². The molecule has 0 aliphatic carbocycles. The molecule has 1 N–H and O–H groups in total. The first kappa shape index (κ1) is 16.2. The van der Waals surface area contributed by atoms with Crippen LogP contribution in [0.1, 0.15) is 22.2 Å². The largest absolute Gasteiger partial charge is 0.388 e. The van der Waals surface area contributed by atoms with Gasteiger partial charge >= 0.3 is 0 Å². The van der Waals surface area contributed by atoms with Gasteiger partial charge in [-0.1, -0.05) is 12.1 Å². The molecule has 0 bridgehead atoms. The monoisotopic (exact) mass is 331 g/mol. The van der Waals surface area contributed by atoms with Crippen LogP contribution in [0.25, 0.3) is 10.4 Å². The van der Waals surface area contributed by atoms with Crippen LogP contribution < -0.4 is 0 Å². The van der Waals surface area contributed by atoms with Crippen molar-refractivity contribution >= 4 is 17.2 Å². The van der Waals surface area contributed by atoms with E-state index in [1.807, 2.05) is 31.2 Å². The van der Waals surface area contributed by atoms with E-state index in [2.05, 4.69) is 19.1 Å². The van der Waals surface area contributed by atoms with Crippen molar-refractivity contribution in [3.05, 3.63) is 46.8 Å². The number of amides is 1. The first-order valence-electron chi connectivity index (χ1n) is 7.83. The number of benzene rings is 1. The summed E-state index contributed by atoms with van der Waals surface area (Å²) < 4.78 is 5.27. The number of likely N-dealkylation sites (N-methyl/N-ethyl adjacent to an activating group) is 1. The highest BCUT2D eigenvalue weighted by Crippen LogP contribution is 2.28. The van der Waals surface area contributed by atoms with E-state index >= 15 is 0 Å². The van der Waals surface area contributed by atoms with Crippen molar-refractivity contribution in [2.24, 2.45) is 0 Å². The highest BCUT2D eigenvalue weighted by Gasteiger charge is 2.34. The third-order valence-electron chi connectivity index (χ3n) is 4.18. The van der Waals surface area contributed by atoms with E-state index in [0.717, 1.165) is 5.56 Å². The smallest absolute Gasteiger partial charge is 0.254 e. The molecule has 1 aromatic carbocycles. The number of ether oxygens (including phenoxy) is 1. The average molecular weight is 331 g/mol. The van der Waals surface area contributed by atoms with Gasteiger partial charge in [0.15, 0.2) is 0 Å². The molecule has 5 heteroatoms. The lowest BCUT2D eigenvalue weighted by atomic mass is 10.1. The van der Waals surface area contributed by atoms with Crippen LogP contribution >= 0.6 is 11.3 Å². The van der Waals surface area contributed by atoms with Crippen molar-refractivity contribution < 1.29 is 14.6 Å². The molecule has 1 fully saturated rings. The number of nitrogens with zero attached hydrogens (tertiary/aromatic N) is 1. The molecule has 2 heterocycles. The number of aliphatic hydroxyl groups is 1. The highest BCUT2D eigenvalue weighted by atomic mass is 32.1. The summed E-state index contributed by atoms with van der Waals surface area (Å²) in [6.45, 7) is 5.25. The van der Waals surface area contributed by atoms with E-state index in [0.29, 0.717) is 25.3 Å². The zero-order valence-corrected chi connectivity index (χ0v) is 14.2. The standard InChI is InChI=1S/C18H21NO3S/c1-3-19(15-10-22-11-16(15)20)18(21)14-7-5-13(6-8-14)17-9-4-12(2)23-17/h4-9,15-16,20H,3,10-11H2,1-2H3/t15-,16-/m0/s1. The Morgan fingerprint density at radius 3 is 2.52 bits per heavy atom. The van der Waals surface area contributed by atoms with E-state index in [-0.39, 0.29) is 11.9 Å². The van der Waals surface area contributed by atoms with Crippen LogP contribution in [0, 0.1) is 6.92 Å². The number of hydrogen-bond donors (Lipinski definition) is 1. The van der Waals surface area contributed by atoms with Crippen molar-refractivity contribution in [1.82, 2.24) is 4.90 Å². The SMILES string of the molecule is CCN(C(=O)c1ccc(-c2ccc(C)s2)cc1)[C@H]1COC[C@@H]1O. The van der Waals surface area contributed by atoms with Gasteiger partial charge in [0.05, 0.1) is 25.4 Å². The molecule has 2 atom stereocenters. The maximum absolute atomic E-state index is 12.7. The lowest BCUT2D eigenvalue weighted by molar-refractivity contribution is 0.0520. The molecule has 23 heavy (non-hydrogen) atoms. The van der Waals surface area contributed by atoms with Gasteiger partial charge in [-0.3, -0.25) is 4.79 Å². The molecule has 1 aromatic heterocycles. The van der Waals surface area contributed by atoms with Gasteiger partial charge in [-0.05, 0) is 43.7 Å². The van der Waals surface area contributed by atoms with Gasteiger partial charge in [-0.25, -0.2) is 0 Å². The Bertz CT molecular complexity index is 680. The highest BCUT2D eigenvalue weighted by molar-refractivity contribution is 7.15. The Morgan fingerprint density at radius 2 is 2.00 bits per heavy atom. The number of thiophene rings is 1. The Morgan fingerprint density at radius 1 is 1.26 bits per heavy atom. The second-order valence-corrected chi connectivity index (χ2v) is 7.04. The summed E-state index contributed by atoms with van der Waals surface area (Å²) in [4.78, 5) is 16.9. The van der Waals surface area contributed by atoms with Gasteiger partial charge in [-0.15, -0.1) is 11.3 Å². The Hall–Kier alpha value is -1.69. The zero-order chi connectivity index (χ0) is 16.4. The zero-order valence-electron chi connectivity index (χ0n) is 13.4. The van der Waals surface area contributed by atoms with Crippen LogP contribution in [-0.2, 0) is 4.74 Å². The Balaban J connectivity index is 1.79. The van der Waals surface area contributed by atoms with Crippen LogP contribution in [0.4, 0.5) is 0 Å². The molecule has 0 unspecified atom stereocenters. The van der Waals surface area contributed by atoms with E-state index in [1.54, 1.807) is 16.2 Å². The van der Waals surface area contributed by atoms with Gasteiger partial charge < -0.3 is 14.7 Å². The molecule has 0 radical (unpaired) electrons. The molecule has 0 saturated carbocycles. The lowest BCUT2D eigenvalue weighted by Gasteiger charge is -2.28. The lowest BCUT2D eigenvalue weighted by Crippen LogP contribution is -2.46. The minimum Gasteiger partial charge on any atom is -0.388 e. The maximum Gasteiger partial charge on any atom is 0.254 e. The van der Waals surface area contributed by atoms with Crippen LogP contribution in [0.3, 0.4) is 0 Å². The van der Waals surface area contributed by atoms with E-state index in [9.17, 15) is 9.90 Å². The van der Waals surface area contributed by atoms with Crippen LogP contribution in [-0.4, -0.2) is 47.8 Å². The van der Waals surface area contributed by atoms with Gasteiger partial charge in [-0.2, -0.15) is 0 Å². The van der Waals surface area contributed by atoms with Gasteiger partial charge in [0, 0.05) is 21.9 Å². The van der Waals surface area contributed by atoms with Gasteiger partial charge in [0.25, 0.3) is 5.91 Å².